The predicted molar refractivity (Wildman–Crippen MR) is 96.6 cm³/mol. The lowest BCUT2D eigenvalue weighted by Crippen LogP contribution is -2.47. The SMILES string of the molecule is CCOC(=O)C(NC(C)=O)C(=O)OCC.Cl.NCCCCC(N)C(=O)O. The Labute approximate surface area is 159 Å². The van der Waals surface area contributed by atoms with Crippen LogP contribution in [0, 0.1) is 0 Å². The summed E-state index contributed by atoms with van der Waals surface area (Å²) in [5.74, 6) is -3.06. The molecule has 0 bridgehead atoms. The normalized spacial score (nSPS) is 10.5. The van der Waals surface area contributed by atoms with E-state index in [0.29, 0.717) is 13.0 Å². The number of nitrogens with two attached hydrogens (primary N) is 2. The van der Waals surface area contributed by atoms with E-state index < -0.39 is 35.9 Å². The molecule has 0 aliphatic carbocycles. The molecule has 0 heterocycles. The quantitative estimate of drug-likeness (QED) is 0.216. The van der Waals surface area contributed by atoms with Crippen LogP contribution in [-0.2, 0) is 28.7 Å². The van der Waals surface area contributed by atoms with Crippen LogP contribution in [-0.4, -0.2) is 60.8 Å². The standard InChI is InChI=1S/C9H15NO5.C6H14N2O2.ClH/c1-4-14-8(12)7(10-6(3)11)9(13)15-5-2;7-4-2-1-3-5(8)6(9)10;/h7H,4-5H2,1-3H3,(H,10,11);5H,1-4,7-8H2,(H,9,10);1H. The molecule has 1 amide bonds. The second kappa shape index (κ2) is 17.9. The minimum Gasteiger partial charge on any atom is -0.480 e. The molecule has 0 aromatic carbocycles. The molecule has 0 saturated carbocycles. The molecule has 26 heavy (non-hydrogen) atoms. The van der Waals surface area contributed by atoms with Gasteiger partial charge in [-0.1, -0.05) is 6.42 Å². The molecule has 10 nitrogen and oxygen atoms in total. The highest BCUT2D eigenvalue weighted by Crippen LogP contribution is 1.97. The van der Waals surface area contributed by atoms with Gasteiger partial charge in [0, 0.05) is 6.92 Å². The minimum atomic E-state index is -1.37. The van der Waals surface area contributed by atoms with Gasteiger partial charge in [-0.3, -0.25) is 9.59 Å². The van der Waals surface area contributed by atoms with Crippen molar-refractivity contribution in [2.24, 2.45) is 11.5 Å². The van der Waals surface area contributed by atoms with Gasteiger partial charge in [0.2, 0.25) is 11.9 Å². The number of carbonyl (C=O) groups is 4. The summed E-state index contributed by atoms with van der Waals surface area (Å²) in [6, 6.07) is -2.09. The lowest BCUT2D eigenvalue weighted by Gasteiger charge is -2.14. The second-order valence-electron chi connectivity index (χ2n) is 4.87. The Morgan fingerprint density at radius 3 is 1.81 bits per heavy atom. The highest BCUT2D eigenvalue weighted by molar-refractivity contribution is 6.02. The molecule has 6 N–H and O–H groups in total. The van der Waals surface area contributed by atoms with Gasteiger partial charge in [-0.05, 0) is 33.2 Å². The summed E-state index contributed by atoms with van der Waals surface area (Å²) < 4.78 is 9.24. The van der Waals surface area contributed by atoms with Gasteiger partial charge >= 0.3 is 17.9 Å². The van der Waals surface area contributed by atoms with Gasteiger partial charge in [-0.25, -0.2) is 9.59 Å². The van der Waals surface area contributed by atoms with Crippen molar-refractivity contribution in [2.75, 3.05) is 19.8 Å². The highest BCUT2D eigenvalue weighted by Gasteiger charge is 2.30. The Balaban J connectivity index is -0.000000422. The number of nitrogens with one attached hydrogen (secondary N) is 1. The summed E-state index contributed by atoms with van der Waals surface area (Å²) in [4.78, 5) is 43.4. The number of rotatable bonds is 10. The smallest absolute Gasteiger partial charge is 0.340 e. The number of halogens is 1. The Kier molecular flexibility index (Phi) is 19.9. The Bertz CT molecular complexity index is 417. The van der Waals surface area contributed by atoms with Crippen molar-refractivity contribution in [1.82, 2.24) is 5.32 Å². The van der Waals surface area contributed by atoms with Crippen LogP contribution in [0.1, 0.15) is 40.0 Å². The maximum absolute atomic E-state index is 11.3. The van der Waals surface area contributed by atoms with Gasteiger partial charge in [0.15, 0.2) is 0 Å². The Morgan fingerprint density at radius 2 is 1.50 bits per heavy atom. The summed E-state index contributed by atoms with van der Waals surface area (Å²) in [6.07, 6.45) is 2.16. The van der Waals surface area contributed by atoms with E-state index in [9.17, 15) is 19.2 Å². The van der Waals surface area contributed by atoms with Gasteiger partial charge in [-0.2, -0.15) is 0 Å². The third kappa shape index (κ3) is 15.6. The van der Waals surface area contributed by atoms with Crippen LogP contribution < -0.4 is 16.8 Å². The monoisotopic (exact) mass is 399 g/mol. The summed E-state index contributed by atoms with van der Waals surface area (Å²) in [7, 11) is 0. The summed E-state index contributed by atoms with van der Waals surface area (Å²) >= 11 is 0. The third-order valence-corrected chi connectivity index (χ3v) is 2.68. The average molecular weight is 400 g/mol. The van der Waals surface area contributed by atoms with Gasteiger partial charge in [0.05, 0.1) is 13.2 Å². The van der Waals surface area contributed by atoms with Crippen LogP contribution >= 0.6 is 12.4 Å². The molecule has 154 valence electrons. The van der Waals surface area contributed by atoms with E-state index >= 15 is 0 Å². The van der Waals surface area contributed by atoms with Crippen LogP contribution in [0.3, 0.4) is 0 Å². The summed E-state index contributed by atoms with van der Waals surface area (Å²) in [5, 5.41) is 10.5. The number of carboxylic acids is 1. The van der Waals surface area contributed by atoms with Crippen molar-refractivity contribution in [3.8, 4) is 0 Å². The fourth-order valence-electron chi connectivity index (χ4n) is 1.50. The Morgan fingerprint density at radius 1 is 1.04 bits per heavy atom. The zero-order valence-electron chi connectivity index (χ0n) is 15.4. The lowest BCUT2D eigenvalue weighted by atomic mass is 10.1. The van der Waals surface area contributed by atoms with Crippen molar-refractivity contribution >= 4 is 36.2 Å². The van der Waals surface area contributed by atoms with Crippen LogP contribution in [0.4, 0.5) is 0 Å². The van der Waals surface area contributed by atoms with E-state index in [1.807, 2.05) is 0 Å². The van der Waals surface area contributed by atoms with E-state index in [-0.39, 0.29) is 25.6 Å². The molecule has 0 radical (unpaired) electrons. The molecule has 0 aromatic rings. The topological polar surface area (TPSA) is 171 Å². The van der Waals surface area contributed by atoms with E-state index in [2.05, 4.69) is 14.8 Å². The summed E-state index contributed by atoms with van der Waals surface area (Å²) in [6.45, 7) is 5.28. The van der Waals surface area contributed by atoms with Crippen LogP contribution in [0.25, 0.3) is 0 Å². The number of carbonyl (C=O) groups excluding carboxylic acids is 3. The van der Waals surface area contributed by atoms with Gasteiger partial charge in [0.25, 0.3) is 0 Å². The molecule has 1 unspecified atom stereocenters. The van der Waals surface area contributed by atoms with Crippen molar-refractivity contribution in [1.29, 1.82) is 0 Å². The first-order valence-electron chi connectivity index (χ1n) is 7.99. The zero-order valence-corrected chi connectivity index (χ0v) is 16.2. The molecule has 0 fully saturated rings. The molecular weight excluding hydrogens is 370 g/mol. The second-order valence-corrected chi connectivity index (χ2v) is 4.87. The third-order valence-electron chi connectivity index (χ3n) is 2.68. The molecule has 1 atom stereocenters. The van der Waals surface area contributed by atoms with E-state index in [0.717, 1.165) is 12.8 Å². The number of hydrogen-bond acceptors (Lipinski definition) is 8. The molecule has 0 spiro atoms. The number of amides is 1. The average Bonchev–Trinajstić information content (AvgIpc) is 2.53. The first-order chi connectivity index (χ1) is 11.7. The van der Waals surface area contributed by atoms with Crippen molar-refractivity contribution < 1.29 is 33.8 Å². The number of aliphatic carboxylic acids is 1. The van der Waals surface area contributed by atoms with Gasteiger partial charge in [0.1, 0.15) is 6.04 Å². The number of ether oxygens (including phenoxy) is 2. The van der Waals surface area contributed by atoms with E-state index in [1.165, 1.54) is 6.92 Å². The van der Waals surface area contributed by atoms with E-state index in [1.54, 1.807) is 13.8 Å². The van der Waals surface area contributed by atoms with Gasteiger partial charge in [-0.15, -0.1) is 12.4 Å². The molecule has 0 saturated heterocycles. The number of carboxylic acid groups (broad SMARTS) is 1. The molecule has 0 aliphatic rings. The minimum absolute atomic E-state index is 0. The van der Waals surface area contributed by atoms with E-state index in [4.69, 9.17) is 16.6 Å². The van der Waals surface area contributed by atoms with Crippen LogP contribution in [0.5, 0.6) is 0 Å². The van der Waals surface area contributed by atoms with Crippen LogP contribution in [0.15, 0.2) is 0 Å². The molecular formula is C15H30ClN3O7. The summed E-state index contributed by atoms with van der Waals surface area (Å²) in [5.41, 5.74) is 10.4. The van der Waals surface area contributed by atoms with Crippen molar-refractivity contribution in [2.45, 2.75) is 52.1 Å². The van der Waals surface area contributed by atoms with Crippen molar-refractivity contribution in [3.63, 3.8) is 0 Å². The molecule has 0 aromatic heterocycles. The first kappa shape index (κ1) is 28.9. The van der Waals surface area contributed by atoms with Crippen LogP contribution in [0.2, 0.25) is 0 Å². The number of unbranched alkanes of at least 4 members (excludes halogenated alkanes) is 1. The maximum atomic E-state index is 11.3. The molecule has 0 rings (SSSR count). The fraction of sp³-hybridized carbons (Fsp3) is 0.733. The first-order valence-corrected chi connectivity index (χ1v) is 7.99. The lowest BCUT2D eigenvalue weighted by molar-refractivity contribution is -0.159. The Hall–Kier alpha value is -1.91. The fourth-order valence-corrected chi connectivity index (χ4v) is 1.50. The molecule has 0 aliphatic heterocycles. The highest BCUT2D eigenvalue weighted by atomic mass is 35.5. The maximum Gasteiger partial charge on any atom is 0.340 e. The van der Waals surface area contributed by atoms with Crippen molar-refractivity contribution in [3.05, 3.63) is 0 Å². The molecule has 11 heteroatoms. The van der Waals surface area contributed by atoms with Gasteiger partial charge < -0.3 is 31.4 Å². The number of hydrogen-bond donors (Lipinski definition) is 4. The number of esters is 2. The largest absolute Gasteiger partial charge is 0.480 e. The zero-order chi connectivity index (χ0) is 19.8. The predicted octanol–water partition coefficient (Wildman–Crippen LogP) is -0.434.